The summed E-state index contributed by atoms with van der Waals surface area (Å²) in [6, 6.07) is 54.3. The summed E-state index contributed by atoms with van der Waals surface area (Å²) in [5.41, 5.74) is 14.7. The van der Waals surface area contributed by atoms with E-state index in [9.17, 15) is 0 Å². The highest BCUT2D eigenvalue weighted by atomic mass is 14.9. The predicted molar refractivity (Wildman–Crippen MR) is 184 cm³/mol. The molecule has 0 fully saturated rings. The van der Waals surface area contributed by atoms with Gasteiger partial charge in [-0.15, -0.1) is 0 Å². The molecule has 0 heterocycles. The lowest BCUT2D eigenvalue weighted by Gasteiger charge is -2.33. The van der Waals surface area contributed by atoms with E-state index in [-0.39, 0.29) is 0 Å². The maximum Gasteiger partial charge on any atom is 0.159 e. The number of amidine groups is 1. The van der Waals surface area contributed by atoms with E-state index in [4.69, 9.17) is 4.99 Å². The van der Waals surface area contributed by atoms with Gasteiger partial charge in [0.2, 0.25) is 0 Å². The molecule has 2 aliphatic rings. The van der Waals surface area contributed by atoms with E-state index in [0.29, 0.717) is 5.84 Å². The molecule has 2 aliphatic carbocycles. The van der Waals surface area contributed by atoms with Crippen LogP contribution in [0.1, 0.15) is 38.9 Å². The summed E-state index contributed by atoms with van der Waals surface area (Å²) in [6.07, 6.45) is 0. The number of hydrogen-bond donors (Lipinski definition) is 0. The maximum absolute atomic E-state index is 5.41. The number of aliphatic imine (C=N–C) groups is 2. The summed E-state index contributed by atoms with van der Waals surface area (Å²) in [5.74, 6) is 0.610. The van der Waals surface area contributed by atoms with Crippen molar-refractivity contribution in [3.63, 3.8) is 0 Å². The molecule has 0 aliphatic heterocycles. The fourth-order valence-corrected chi connectivity index (χ4v) is 7.19. The lowest BCUT2D eigenvalue weighted by molar-refractivity contribution is 0.842. The Labute approximate surface area is 258 Å². The van der Waals surface area contributed by atoms with Crippen LogP contribution in [-0.4, -0.2) is 12.6 Å². The zero-order chi connectivity index (χ0) is 29.7. The second-order valence-corrected chi connectivity index (χ2v) is 11.5. The third-order valence-corrected chi connectivity index (χ3v) is 9.09. The number of allylic oxidation sites excluding steroid dienone is 1. The summed E-state index contributed by atoms with van der Waals surface area (Å²) < 4.78 is 0. The first kappa shape index (κ1) is 26.1. The number of fused-ring (bicyclic) bond motifs is 7. The fourth-order valence-electron chi connectivity index (χ4n) is 7.19. The van der Waals surface area contributed by atoms with Crippen molar-refractivity contribution >= 4 is 23.8 Å². The number of nitrogens with zero attached hydrogens (tertiary/aromatic N) is 2. The first-order chi connectivity index (χ1) is 21.7. The molecule has 0 saturated carbocycles. The lowest BCUT2D eigenvalue weighted by Crippen LogP contribution is -2.26. The van der Waals surface area contributed by atoms with Gasteiger partial charge in [0.05, 0.1) is 11.1 Å². The lowest BCUT2D eigenvalue weighted by atomic mass is 9.67. The summed E-state index contributed by atoms with van der Waals surface area (Å²) in [5, 5.41) is 0. The third-order valence-electron chi connectivity index (χ3n) is 9.09. The van der Waals surface area contributed by atoms with Gasteiger partial charge in [0, 0.05) is 16.7 Å². The van der Waals surface area contributed by atoms with E-state index in [1.54, 1.807) is 0 Å². The molecule has 0 bridgehead atoms. The van der Waals surface area contributed by atoms with Crippen molar-refractivity contribution in [2.45, 2.75) is 12.3 Å². The average molecular weight is 563 g/mol. The zero-order valence-corrected chi connectivity index (χ0v) is 24.5. The number of aryl methyl sites for hydroxylation is 1. The number of benzene rings is 6. The standard InChI is InChI=1S/C42H30N2/c1-28-21-23-29(24-22-28)32-25-26-35-38(27-32)42(36-19-11-9-17-33(36)34-18-10-12-20-37(34)42)39(30-13-5-3-6-14-30)40(35)44-41(43-2)31-15-7-4-8-16-31/h3-27H,2H2,1H3/b44-41-. The molecule has 0 N–H and O–H groups in total. The summed E-state index contributed by atoms with van der Waals surface area (Å²) in [6.45, 7) is 6.08. The van der Waals surface area contributed by atoms with Gasteiger partial charge in [-0.05, 0) is 64.2 Å². The van der Waals surface area contributed by atoms with E-state index in [1.807, 2.05) is 30.3 Å². The van der Waals surface area contributed by atoms with E-state index in [0.717, 1.165) is 22.4 Å². The minimum atomic E-state index is -0.563. The molecule has 8 rings (SSSR count). The van der Waals surface area contributed by atoms with Crippen LogP contribution in [0.5, 0.6) is 0 Å². The van der Waals surface area contributed by atoms with Crippen molar-refractivity contribution in [2.24, 2.45) is 9.98 Å². The van der Waals surface area contributed by atoms with Crippen molar-refractivity contribution < 1.29 is 0 Å². The Morgan fingerprint density at radius 3 is 1.73 bits per heavy atom. The predicted octanol–water partition coefficient (Wildman–Crippen LogP) is 10.0. The highest BCUT2D eigenvalue weighted by molar-refractivity contribution is 6.13. The molecule has 1 spiro atoms. The van der Waals surface area contributed by atoms with Crippen molar-refractivity contribution in [3.05, 3.63) is 191 Å². The Balaban J connectivity index is 1.53. The van der Waals surface area contributed by atoms with Crippen molar-refractivity contribution in [1.29, 1.82) is 0 Å². The van der Waals surface area contributed by atoms with Crippen LogP contribution in [0.15, 0.2) is 162 Å². The van der Waals surface area contributed by atoms with Gasteiger partial charge in [-0.2, -0.15) is 0 Å². The summed E-state index contributed by atoms with van der Waals surface area (Å²) >= 11 is 0. The van der Waals surface area contributed by atoms with E-state index >= 15 is 0 Å². The molecule has 0 amide bonds. The van der Waals surface area contributed by atoms with Gasteiger partial charge in [-0.1, -0.05) is 151 Å². The summed E-state index contributed by atoms with van der Waals surface area (Å²) in [4.78, 5) is 9.88. The molecule has 0 unspecified atom stereocenters. The smallest absolute Gasteiger partial charge is 0.159 e. The van der Waals surface area contributed by atoms with Crippen LogP contribution in [0.3, 0.4) is 0 Å². The van der Waals surface area contributed by atoms with E-state index in [1.165, 1.54) is 50.1 Å². The quantitative estimate of drug-likeness (QED) is 0.151. The van der Waals surface area contributed by atoms with Crippen LogP contribution in [-0.2, 0) is 5.41 Å². The monoisotopic (exact) mass is 562 g/mol. The third kappa shape index (κ3) is 3.81. The van der Waals surface area contributed by atoms with Crippen molar-refractivity contribution in [2.75, 3.05) is 0 Å². The molecule has 0 saturated heterocycles. The van der Waals surface area contributed by atoms with Crippen LogP contribution in [0, 0.1) is 6.92 Å². The van der Waals surface area contributed by atoms with Gasteiger partial charge >= 0.3 is 0 Å². The first-order valence-corrected chi connectivity index (χ1v) is 15.0. The molecule has 6 aromatic carbocycles. The Morgan fingerprint density at radius 1 is 0.523 bits per heavy atom. The molecular formula is C42H30N2. The SMILES string of the molecule is C=N/C(=N\C1=C(c2ccccc2)C2(c3cc(-c4ccc(C)cc4)ccc31)c1ccccc1-c1ccccc12)c1ccccc1. The zero-order valence-electron chi connectivity index (χ0n) is 24.5. The average Bonchev–Trinajstić information content (AvgIpc) is 3.54. The van der Waals surface area contributed by atoms with Crippen LogP contribution in [0.25, 0.3) is 33.5 Å². The minimum absolute atomic E-state index is 0.563. The Bertz CT molecular complexity index is 2070. The molecule has 2 nitrogen and oxygen atoms in total. The Hall–Kier alpha value is -5.60. The fraction of sp³-hybridized carbons (Fsp3) is 0.0476. The molecule has 208 valence electrons. The van der Waals surface area contributed by atoms with E-state index in [2.05, 4.69) is 140 Å². The molecule has 0 atom stereocenters. The van der Waals surface area contributed by atoms with Gasteiger partial charge < -0.3 is 0 Å². The highest BCUT2D eigenvalue weighted by Gasteiger charge is 2.53. The van der Waals surface area contributed by atoms with Crippen LogP contribution in [0.4, 0.5) is 0 Å². The van der Waals surface area contributed by atoms with Crippen molar-refractivity contribution in [1.82, 2.24) is 0 Å². The minimum Gasteiger partial charge on any atom is -0.245 e. The van der Waals surface area contributed by atoms with Crippen LogP contribution < -0.4 is 0 Å². The molecule has 0 radical (unpaired) electrons. The molecule has 0 aromatic heterocycles. The number of hydrogen-bond acceptors (Lipinski definition) is 1. The number of rotatable bonds is 4. The Morgan fingerprint density at radius 2 is 1.09 bits per heavy atom. The van der Waals surface area contributed by atoms with Gasteiger partial charge in [0.25, 0.3) is 0 Å². The topological polar surface area (TPSA) is 24.7 Å². The second kappa shape index (κ2) is 10.3. The molecule has 44 heavy (non-hydrogen) atoms. The highest BCUT2D eigenvalue weighted by Crippen LogP contribution is 2.65. The van der Waals surface area contributed by atoms with Crippen LogP contribution >= 0.6 is 0 Å². The first-order valence-electron chi connectivity index (χ1n) is 15.0. The van der Waals surface area contributed by atoms with E-state index < -0.39 is 5.41 Å². The molecule has 2 heteroatoms. The Kier molecular flexibility index (Phi) is 6.09. The van der Waals surface area contributed by atoms with Crippen LogP contribution in [0.2, 0.25) is 0 Å². The van der Waals surface area contributed by atoms with Crippen molar-refractivity contribution in [3.8, 4) is 22.3 Å². The molecule has 6 aromatic rings. The largest absolute Gasteiger partial charge is 0.245 e. The van der Waals surface area contributed by atoms with Gasteiger partial charge in [0.1, 0.15) is 0 Å². The maximum atomic E-state index is 5.41. The van der Waals surface area contributed by atoms with Gasteiger partial charge in [-0.3, -0.25) is 0 Å². The molecular weight excluding hydrogens is 532 g/mol. The normalized spacial score (nSPS) is 14.3. The second-order valence-electron chi connectivity index (χ2n) is 11.5. The summed E-state index contributed by atoms with van der Waals surface area (Å²) in [7, 11) is 0. The van der Waals surface area contributed by atoms with Gasteiger partial charge in [-0.25, -0.2) is 9.98 Å². The van der Waals surface area contributed by atoms with Gasteiger partial charge in [0.15, 0.2) is 5.84 Å².